The molecule has 1 aromatic heterocycles. The number of hydrogen-bond donors (Lipinski definition) is 1. The molecule has 0 saturated carbocycles. The molecule has 0 bridgehead atoms. The fourth-order valence-corrected chi connectivity index (χ4v) is 2.82. The molecule has 20 heavy (non-hydrogen) atoms. The second-order valence-electron chi connectivity index (χ2n) is 4.38. The third-order valence-corrected chi connectivity index (χ3v) is 3.96. The van der Waals surface area contributed by atoms with Gasteiger partial charge in [-0.3, -0.25) is 5.43 Å². The van der Waals surface area contributed by atoms with Crippen LogP contribution in [0.2, 0.25) is 0 Å². The van der Waals surface area contributed by atoms with E-state index in [0.29, 0.717) is 0 Å². The maximum atomic E-state index is 4.51. The van der Waals surface area contributed by atoms with E-state index in [9.17, 15) is 0 Å². The summed E-state index contributed by atoms with van der Waals surface area (Å²) in [6.45, 7) is 2.10. The summed E-state index contributed by atoms with van der Waals surface area (Å²) in [6, 6.07) is 18.3. The predicted octanol–water partition coefficient (Wildman–Crippen LogP) is 4.52. The van der Waals surface area contributed by atoms with Gasteiger partial charge in [-0.2, -0.15) is 5.10 Å². The highest BCUT2D eigenvalue weighted by Gasteiger charge is 2.03. The maximum Gasteiger partial charge on any atom is 0.204 e. The molecule has 0 unspecified atom stereocenters. The van der Waals surface area contributed by atoms with Crippen LogP contribution >= 0.6 is 11.3 Å². The van der Waals surface area contributed by atoms with E-state index in [0.717, 1.165) is 28.3 Å². The zero-order valence-corrected chi connectivity index (χ0v) is 12.0. The van der Waals surface area contributed by atoms with E-state index in [2.05, 4.69) is 40.6 Å². The molecule has 0 radical (unpaired) electrons. The summed E-state index contributed by atoms with van der Waals surface area (Å²) in [5, 5.41) is 5.32. The molecule has 4 heteroatoms. The number of nitrogens with zero attached hydrogens (tertiary/aromatic N) is 2. The fourth-order valence-electron chi connectivity index (χ4n) is 2.01. The molecule has 3 aromatic rings. The van der Waals surface area contributed by atoms with E-state index in [1.54, 1.807) is 11.3 Å². The van der Waals surface area contributed by atoms with Crippen molar-refractivity contribution in [2.24, 2.45) is 5.10 Å². The van der Waals surface area contributed by atoms with Gasteiger partial charge in [0.25, 0.3) is 0 Å². The molecule has 0 fully saturated rings. The molecular weight excluding hydrogens is 266 g/mol. The first-order chi connectivity index (χ1) is 9.86. The quantitative estimate of drug-likeness (QED) is 0.564. The Morgan fingerprint density at radius 1 is 1.10 bits per heavy atom. The molecule has 1 heterocycles. The molecule has 0 aliphatic carbocycles. The zero-order valence-electron chi connectivity index (χ0n) is 11.2. The number of para-hydroxylation sites is 1. The molecule has 0 aliphatic rings. The molecule has 0 spiro atoms. The van der Waals surface area contributed by atoms with E-state index >= 15 is 0 Å². The van der Waals surface area contributed by atoms with Gasteiger partial charge in [-0.1, -0.05) is 60.7 Å². The van der Waals surface area contributed by atoms with Crippen molar-refractivity contribution in [2.75, 3.05) is 5.43 Å². The van der Waals surface area contributed by atoms with Crippen molar-refractivity contribution in [1.29, 1.82) is 0 Å². The van der Waals surface area contributed by atoms with Crippen molar-refractivity contribution in [3.8, 4) is 0 Å². The second-order valence-corrected chi connectivity index (χ2v) is 5.41. The van der Waals surface area contributed by atoms with Crippen LogP contribution < -0.4 is 5.43 Å². The molecule has 0 atom stereocenters. The highest BCUT2D eigenvalue weighted by molar-refractivity contribution is 7.22. The highest BCUT2D eigenvalue weighted by Crippen LogP contribution is 2.25. The summed E-state index contributed by atoms with van der Waals surface area (Å²) in [7, 11) is 0. The Kier molecular flexibility index (Phi) is 3.74. The average molecular weight is 281 g/mol. The Morgan fingerprint density at radius 3 is 2.60 bits per heavy atom. The topological polar surface area (TPSA) is 37.3 Å². The minimum atomic E-state index is 0.827. The zero-order chi connectivity index (χ0) is 13.8. The van der Waals surface area contributed by atoms with Crippen molar-refractivity contribution in [2.45, 2.75) is 13.3 Å². The van der Waals surface area contributed by atoms with Crippen molar-refractivity contribution < 1.29 is 0 Å². The number of aromatic nitrogens is 1. The van der Waals surface area contributed by atoms with Gasteiger partial charge in [-0.15, -0.1) is 0 Å². The van der Waals surface area contributed by atoms with Crippen LogP contribution in [0.25, 0.3) is 10.2 Å². The molecule has 100 valence electrons. The Hall–Kier alpha value is -2.20. The average Bonchev–Trinajstić information content (AvgIpc) is 2.92. The van der Waals surface area contributed by atoms with E-state index < -0.39 is 0 Å². The predicted molar refractivity (Wildman–Crippen MR) is 86.5 cm³/mol. The third kappa shape index (κ3) is 2.70. The van der Waals surface area contributed by atoms with Gasteiger partial charge < -0.3 is 0 Å². The number of hydrogen-bond acceptors (Lipinski definition) is 4. The maximum absolute atomic E-state index is 4.51. The van der Waals surface area contributed by atoms with Crippen molar-refractivity contribution in [1.82, 2.24) is 4.98 Å². The van der Waals surface area contributed by atoms with Gasteiger partial charge in [0, 0.05) is 0 Å². The van der Waals surface area contributed by atoms with E-state index in [1.807, 2.05) is 36.4 Å². The van der Waals surface area contributed by atoms with Gasteiger partial charge in [0.1, 0.15) is 0 Å². The van der Waals surface area contributed by atoms with Gasteiger partial charge >= 0.3 is 0 Å². The van der Waals surface area contributed by atoms with Crippen LogP contribution in [0.4, 0.5) is 5.13 Å². The minimum absolute atomic E-state index is 0.827. The summed E-state index contributed by atoms with van der Waals surface area (Å²) in [5.41, 5.74) is 6.26. The standard InChI is InChI=1S/C16H15N3S/c1-2-13(12-8-4-3-5-9-12)18-19-16-17-14-10-6-7-11-15(14)20-16/h3-11H,2H2,1H3,(H,17,19)/b18-13-. The lowest BCUT2D eigenvalue weighted by Gasteiger charge is -2.03. The summed E-state index contributed by atoms with van der Waals surface area (Å²) < 4.78 is 1.17. The molecule has 0 amide bonds. The number of fused-ring (bicyclic) bond motifs is 1. The van der Waals surface area contributed by atoms with Crippen LogP contribution in [-0.2, 0) is 0 Å². The monoisotopic (exact) mass is 281 g/mol. The Morgan fingerprint density at radius 2 is 1.85 bits per heavy atom. The van der Waals surface area contributed by atoms with Crippen LogP contribution in [0, 0.1) is 0 Å². The SMILES string of the molecule is CC/C(=N/Nc1nc2ccccc2s1)c1ccccc1. The van der Waals surface area contributed by atoms with Gasteiger partial charge in [0.2, 0.25) is 5.13 Å². The van der Waals surface area contributed by atoms with Crippen molar-refractivity contribution in [3.63, 3.8) is 0 Å². The number of rotatable bonds is 4. The van der Waals surface area contributed by atoms with E-state index in [-0.39, 0.29) is 0 Å². The van der Waals surface area contributed by atoms with Gasteiger partial charge in [-0.05, 0) is 24.1 Å². The summed E-state index contributed by atoms with van der Waals surface area (Å²) in [5.74, 6) is 0. The second kappa shape index (κ2) is 5.84. The number of hydrazone groups is 1. The molecule has 0 saturated heterocycles. The summed E-state index contributed by atoms with van der Waals surface area (Å²) in [6.07, 6.45) is 0.877. The number of anilines is 1. The van der Waals surface area contributed by atoms with Crippen LogP contribution in [0.1, 0.15) is 18.9 Å². The van der Waals surface area contributed by atoms with E-state index in [1.165, 1.54) is 4.70 Å². The van der Waals surface area contributed by atoms with Crippen LogP contribution in [0.15, 0.2) is 59.7 Å². The first kappa shape index (κ1) is 12.8. The minimum Gasteiger partial charge on any atom is -0.252 e. The number of thiazole rings is 1. The van der Waals surface area contributed by atoms with Crippen LogP contribution in [-0.4, -0.2) is 10.7 Å². The lowest BCUT2D eigenvalue weighted by Crippen LogP contribution is -2.02. The first-order valence-electron chi connectivity index (χ1n) is 6.60. The third-order valence-electron chi connectivity index (χ3n) is 3.02. The molecule has 1 N–H and O–H groups in total. The molecule has 3 nitrogen and oxygen atoms in total. The molecule has 3 rings (SSSR count). The Bertz CT molecular complexity index is 699. The largest absolute Gasteiger partial charge is 0.252 e. The highest BCUT2D eigenvalue weighted by atomic mass is 32.1. The van der Waals surface area contributed by atoms with Gasteiger partial charge in [0.15, 0.2) is 0 Å². The van der Waals surface area contributed by atoms with Gasteiger partial charge in [0.05, 0.1) is 15.9 Å². The Balaban J connectivity index is 1.84. The first-order valence-corrected chi connectivity index (χ1v) is 7.42. The normalized spacial score (nSPS) is 11.8. The van der Waals surface area contributed by atoms with Crippen molar-refractivity contribution >= 4 is 32.4 Å². The lowest BCUT2D eigenvalue weighted by molar-refractivity contribution is 1.21. The summed E-state index contributed by atoms with van der Waals surface area (Å²) >= 11 is 1.62. The molecule has 2 aromatic carbocycles. The fraction of sp³-hybridized carbons (Fsp3) is 0.125. The van der Waals surface area contributed by atoms with Gasteiger partial charge in [-0.25, -0.2) is 4.98 Å². The smallest absolute Gasteiger partial charge is 0.204 e. The summed E-state index contributed by atoms with van der Waals surface area (Å²) in [4.78, 5) is 4.51. The Labute approximate surface area is 122 Å². The number of nitrogens with one attached hydrogen (secondary N) is 1. The lowest BCUT2D eigenvalue weighted by atomic mass is 10.1. The number of benzene rings is 2. The van der Waals surface area contributed by atoms with E-state index in [4.69, 9.17) is 0 Å². The molecular formula is C16H15N3S. The van der Waals surface area contributed by atoms with Crippen LogP contribution in [0.3, 0.4) is 0 Å². The molecule has 0 aliphatic heterocycles. The van der Waals surface area contributed by atoms with Crippen LogP contribution in [0.5, 0.6) is 0 Å². The van der Waals surface area contributed by atoms with Crippen molar-refractivity contribution in [3.05, 3.63) is 60.2 Å².